The van der Waals surface area contributed by atoms with Crippen molar-refractivity contribution >= 4 is 0 Å². The number of hydrogen-bond donors (Lipinski definition) is 1. The van der Waals surface area contributed by atoms with Crippen LogP contribution in [-0.4, -0.2) is 20.8 Å². The van der Waals surface area contributed by atoms with Gasteiger partial charge >= 0.3 is 0 Å². The van der Waals surface area contributed by atoms with E-state index in [-0.39, 0.29) is 11.4 Å². The van der Waals surface area contributed by atoms with E-state index >= 15 is 0 Å². The van der Waals surface area contributed by atoms with Crippen molar-refractivity contribution in [2.75, 3.05) is 20.8 Å². The van der Waals surface area contributed by atoms with Gasteiger partial charge in [0.2, 0.25) is 0 Å². The maximum atomic E-state index is 14.2. The zero-order chi connectivity index (χ0) is 12.5. The molecule has 1 aromatic carbocycles. The highest BCUT2D eigenvalue weighted by Gasteiger charge is 2.35. The molecule has 3 nitrogen and oxygen atoms in total. The zero-order valence-electron chi connectivity index (χ0n) is 10.5. The Hall–Kier alpha value is -1.29. The fraction of sp³-hybridized carbons (Fsp3) is 0.538. The third-order valence-corrected chi connectivity index (χ3v) is 3.40. The molecule has 1 unspecified atom stereocenters. The lowest BCUT2D eigenvalue weighted by atomic mass is 9.89. The van der Waals surface area contributed by atoms with Gasteiger partial charge in [0.1, 0.15) is 17.3 Å². The van der Waals surface area contributed by atoms with E-state index in [4.69, 9.17) is 9.47 Å². The number of methoxy groups -OCH3 is 2. The van der Waals surface area contributed by atoms with Gasteiger partial charge in [0, 0.05) is 23.2 Å². The molecule has 2 rings (SSSR count). The second kappa shape index (κ2) is 4.53. The van der Waals surface area contributed by atoms with Crippen molar-refractivity contribution < 1.29 is 13.9 Å². The molecule has 1 N–H and O–H groups in total. The number of hydrogen-bond acceptors (Lipinski definition) is 3. The van der Waals surface area contributed by atoms with Crippen molar-refractivity contribution in [1.82, 2.24) is 5.32 Å². The summed E-state index contributed by atoms with van der Waals surface area (Å²) in [6, 6.07) is 3.13. The summed E-state index contributed by atoms with van der Waals surface area (Å²) in [6.45, 7) is 2.92. The van der Waals surface area contributed by atoms with Crippen molar-refractivity contribution in [3.8, 4) is 11.5 Å². The summed E-state index contributed by atoms with van der Waals surface area (Å²) in [6.07, 6.45) is 1.96. The van der Waals surface area contributed by atoms with Crippen molar-refractivity contribution in [3.63, 3.8) is 0 Å². The van der Waals surface area contributed by atoms with Gasteiger partial charge in [0.15, 0.2) is 0 Å². The van der Waals surface area contributed by atoms with Crippen LogP contribution in [0.5, 0.6) is 11.5 Å². The van der Waals surface area contributed by atoms with Crippen LogP contribution in [0, 0.1) is 5.82 Å². The first-order valence-electron chi connectivity index (χ1n) is 5.78. The van der Waals surface area contributed by atoms with Gasteiger partial charge < -0.3 is 14.8 Å². The minimum absolute atomic E-state index is 0.280. The van der Waals surface area contributed by atoms with Gasteiger partial charge in [-0.2, -0.15) is 0 Å². The maximum absolute atomic E-state index is 14.2. The summed E-state index contributed by atoms with van der Waals surface area (Å²) in [5, 5.41) is 3.34. The van der Waals surface area contributed by atoms with E-state index in [0.717, 1.165) is 19.4 Å². The average molecular weight is 239 g/mol. The average Bonchev–Trinajstić information content (AvgIpc) is 2.75. The van der Waals surface area contributed by atoms with Gasteiger partial charge in [-0.15, -0.1) is 0 Å². The number of halogens is 1. The second-order valence-electron chi connectivity index (χ2n) is 4.55. The van der Waals surface area contributed by atoms with Crippen LogP contribution in [0.15, 0.2) is 12.1 Å². The fourth-order valence-corrected chi connectivity index (χ4v) is 2.48. The summed E-state index contributed by atoms with van der Waals surface area (Å²) < 4.78 is 24.5. The molecule has 1 saturated heterocycles. The van der Waals surface area contributed by atoms with Gasteiger partial charge in [-0.1, -0.05) is 0 Å². The van der Waals surface area contributed by atoms with E-state index in [9.17, 15) is 4.39 Å². The van der Waals surface area contributed by atoms with Crippen LogP contribution < -0.4 is 14.8 Å². The Labute approximate surface area is 101 Å². The summed E-state index contributed by atoms with van der Waals surface area (Å²) >= 11 is 0. The van der Waals surface area contributed by atoms with Gasteiger partial charge in [0.05, 0.1) is 14.2 Å². The Balaban J connectivity index is 2.52. The van der Waals surface area contributed by atoms with Crippen LogP contribution >= 0.6 is 0 Å². The molecule has 0 radical (unpaired) electrons. The predicted octanol–water partition coefficient (Wildman–Crippen LogP) is 2.44. The lowest BCUT2D eigenvalue weighted by Gasteiger charge is -2.27. The third kappa shape index (κ3) is 2.09. The number of ether oxygens (including phenoxy) is 2. The predicted molar refractivity (Wildman–Crippen MR) is 64.1 cm³/mol. The van der Waals surface area contributed by atoms with E-state index < -0.39 is 0 Å². The monoisotopic (exact) mass is 239 g/mol. The first kappa shape index (κ1) is 12.2. The van der Waals surface area contributed by atoms with Crippen LogP contribution in [0.25, 0.3) is 0 Å². The number of benzene rings is 1. The molecule has 0 bridgehead atoms. The molecule has 94 valence electrons. The molecule has 1 aliphatic rings. The quantitative estimate of drug-likeness (QED) is 0.878. The Morgan fingerprint density at radius 2 is 2.06 bits per heavy atom. The number of rotatable bonds is 3. The van der Waals surface area contributed by atoms with Crippen molar-refractivity contribution in [1.29, 1.82) is 0 Å². The van der Waals surface area contributed by atoms with Gasteiger partial charge in [-0.3, -0.25) is 0 Å². The molecular formula is C13H18FNO2. The maximum Gasteiger partial charge on any atom is 0.135 e. The van der Waals surface area contributed by atoms with E-state index in [1.807, 2.05) is 6.92 Å². The van der Waals surface area contributed by atoms with E-state index in [1.165, 1.54) is 13.2 Å². The Kier molecular flexibility index (Phi) is 3.24. The minimum Gasteiger partial charge on any atom is -0.497 e. The van der Waals surface area contributed by atoms with Gasteiger partial charge in [-0.05, 0) is 26.3 Å². The van der Waals surface area contributed by atoms with Crippen molar-refractivity contribution in [3.05, 3.63) is 23.5 Å². The SMILES string of the molecule is COc1cc(F)c(C2(C)CCCN2)c(OC)c1. The fourth-order valence-electron chi connectivity index (χ4n) is 2.48. The summed E-state index contributed by atoms with van der Waals surface area (Å²) in [5.74, 6) is 0.738. The first-order chi connectivity index (χ1) is 8.10. The highest BCUT2D eigenvalue weighted by Crippen LogP contribution is 2.40. The molecule has 0 aromatic heterocycles. The molecule has 0 amide bonds. The van der Waals surface area contributed by atoms with E-state index in [1.54, 1.807) is 13.2 Å². The molecule has 1 aliphatic heterocycles. The highest BCUT2D eigenvalue weighted by atomic mass is 19.1. The lowest BCUT2D eigenvalue weighted by Crippen LogP contribution is -2.34. The smallest absolute Gasteiger partial charge is 0.135 e. The molecule has 0 aliphatic carbocycles. The molecule has 1 atom stereocenters. The summed E-state index contributed by atoms with van der Waals surface area (Å²) in [5.41, 5.74) is 0.250. The van der Waals surface area contributed by atoms with Gasteiger partial charge in [0.25, 0.3) is 0 Å². The number of nitrogens with one attached hydrogen (secondary N) is 1. The van der Waals surface area contributed by atoms with Crippen LogP contribution in [0.4, 0.5) is 4.39 Å². The first-order valence-corrected chi connectivity index (χ1v) is 5.78. The van der Waals surface area contributed by atoms with Crippen LogP contribution in [0.1, 0.15) is 25.3 Å². The minimum atomic E-state index is -0.346. The molecular weight excluding hydrogens is 221 g/mol. The van der Waals surface area contributed by atoms with Crippen molar-refractivity contribution in [2.24, 2.45) is 0 Å². The molecule has 1 aromatic rings. The van der Waals surface area contributed by atoms with Crippen LogP contribution in [0.2, 0.25) is 0 Å². The van der Waals surface area contributed by atoms with E-state index in [2.05, 4.69) is 5.32 Å². The largest absolute Gasteiger partial charge is 0.497 e. The summed E-state index contributed by atoms with van der Waals surface area (Å²) in [4.78, 5) is 0. The van der Waals surface area contributed by atoms with E-state index in [0.29, 0.717) is 17.1 Å². The Morgan fingerprint density at radius 3 is 2.59 bits per heavy atom. The van der Waals surface area contributed by atoms with Crippen LogP contribution in [0.3, 0.4) is 0 Å². The molecule has 17 heavy (non-hydrogen) atoms. The Bertz CT molecular complexity index is 414. The lowest BCUT2D eigenvalue weighted by molar-refractivity contribution is 0.347. The molecule has 1 fully saturated rings. The second-order valence-corrected chi connectivity index (χ2v) is 4.55. The molecule has 0 spiro atoms. The standard InChI is InChI=1S/C13H18FNO2/c1-13(5-4-6-15-13)12-10(14)7-9(16-2)8-11(12)17-3/h7-8,15H,4-6H2,1-3H3. The molecule has 0 saturated carbocycles. The Morgan fingerprint density at radius 1 is 1.29 bits per heavy atom. The summed E-state index contributed by atoms with van der Waals surface area (Å²) in [7, 11) is 3.07. The molecule has 4 heteroatoms. The topological polar surface area (TPSA) is 30.5 Å². The zero-order valence-corrected chi connectivity index (χ0v) is 10.5. The third-order valence-electron chi connectivity index (χ3n) is 3.40. The van der Waals surface area contributed by atoms with Crippen molar-refractivity contribution in [2.45, 2.75) is 25.3 Å². The normalized spacial score (nSPS) is 23.8. The highest BCUT2D eigenvalue weighted by molar-refractivity contribution is 5.46. The molecule has 1 heterocycles. The van der Waals surface area contributed by atoms with Gasteiger partial charge in [-0.25, -0.2) is 4.39 Å². The van der Waals surface area contributed by atoms with Crippen LogP contribution in [-0.2, 0) is 5.54 Å².